The number of carbonyl (C=O) groups is 1. The lowest BCUT2D eigenvalue weighted by Gasteiger charge is -2.07. The lowest BCUT2D eigenvalue weighted by molar-refractivity contribution is -0.117. The van der Waals surface area contributed by atoms with Crippen LogP contribution in [0, 0.1) is 5.82 Å². The molecule has 0 aliphatic heterocycles. The smallest absolute Gasteiger partial charge is 0.278 e. The molecule has 3 heterocycles. The molecular weight excluding hydrogens is 329 g/mol. The van der Waals surface area contributed by atoms with E-state index in [1.54, 1.807) is 10.9 Å². The van der Waals surface area contributed by atoms with Gasteiger partial charge in [-0.3, -0.25) is 19.6 Å². The van der Waals surface area contributed by atoms with Gasteiger partial charge < -0.3 is 0 Å². The second-order valence-electron chi connectivity index (χ2n) is 5.28. The van der Waals surface area contributed by atoms with Crippen LogP contribution in [0.1, 0.15) is 19.5 Å². The molecule has 0 bridgehead atoms. The lowest BCUT2D eigenvalue weighted by atomic mass is 10.2. The molecule has 1 amide bonds. The average Bonchev–Trinajstić information content (AvgIpc) is 3.04. The Hall–Kier alpha value is -3.17. The zero-order valence-corrected chi connectivity index (χ0v) is 13.7. The largest absolute Gasteiger partial charge is 0.293 e. The van der Waals surface area contributed by atoms with Crippen LogP contribution in [0.4, 0.5) is 10.3 Å². The zero-order chi connectivity index (χ0) is 18.0. The number of anilines is 1. The third-order valence-electron chi connectivity index (χ3n) is 3.57. The standard InChI is InChI=1S/C15H16FN7O2/c1-3-11-13-10(7-22(4-2)21-13)14(25)23(20-11)8-12(24)19-15-17-5-9(16)6-18-15/h5-7H,3-4,8H2,1-2H3,(H,17,18,19,24). The van der Waals surface area contributed by atoms with Crippen molar-refractivity contribution in [2.45, 2.75) is 33.4 Å². The molecule has 3 aromatic heterocycles. The molecule has 0 saturated heterocycles. The monoisotopic (exact) mass is 345 g/mol. The number of nitrogens with zero attached hydrogens (tertiary/aromatic N) is 6. The van der Waals surface area contributed by atoms with Crippen LogP contribution in [0.3, 0.4) is 0 Å². The van der Waals surface area contributed by atoms with Gasteiger partial charge in [-0.2, -0.15) is 10.2 Å². The summed E-state index contributed by atoms with van der Waals surface area (Å²) in [6.07, 6.45) is 4.09. The van der Waals surface area contributed by atoms with Gasteiger partial charge in [0.1, 0.15) is 12.1 Å². The van der Waals surface area contributed by atoms with E-state index in [1.807, 2.05) is 13.8 Å². The molecule has 3 rings (SSSR count). The summed E-state index contributed by atoms with van der Waals surface area (Å²) >= 11 is 0. The van der Waals surface area contributed by atoms with Gasteiger partial charge in [-0.15, -0.1) is 0 Å². The Bertz CT molecular complexity index is 978. The van der Waals surface area contributed by atoms with Gasteiger partial charge in [0.2, 0.25) is 11.9 Å². The molecule has 0 atom stereocenters. The van der Waals surface area contributed by atoms with Gasteiger partial charge >= 0.3 is 0 Å². The topological polar surface area (TPSA) is 108 Å². The van der Waals surface area contributed by atoms with E-state index < -0.39 is 17.3 Å². The molecule has 25 heavy (non-hydrogen) atoms. The van der Waals surface area contributed by atoms with E-state index in [1.165, 1.54) is 0 Å². The molecule has 9 nitrogen and oxygen atoms in total. The Kier molecular flexibility index (Phi) is 4.50. The van der Waals surface area contributed by atoms with E-state index in [0.717, 1.165) is 17.1 Å². The minimum absolute atomic E-state index is 0.0463. The summed E-state index contributed by atoms with van der Waals surface area (Å²) in [7, 11) is 0. The number of hydrogen-bond acceptors (Lipinski definition) is 6. The Balaban J connectivity index is 1.90. The number of rotatable bonds is 5. The number of amides is 1. The molecule has 0 spiro atoms. The van der Waals surface area contributed by atoms with Crippen molar-refractivity contribution in [2.75, 3.05) is 5.32 Å². The second kappa shape index (κ2) is 6.75. The van der Waals surface area contributed by atoms with Gasteiger partial charge in [-0.25, -0.2) is 19.0 Å². The van der Waals surface area contributed by atoms with Crippen LogP contribution in [0.15, 0.2) is 23.4 Å². The number of aryl methyl sites for hydroxylation is 2. The molecule has 0 radical (unpaired) electrons. The van der Waals surface area contributed by atoms with E-state index in [0.29, 0.717) is 29.6 Å². The predicted molar refractivity (Wildman–Crippen MR) is 87.5 cm³/mol. The fraction of sp³-hybridized carbons (Fsp3) is 0.333. The second-order valence-corrected chi connectivity index (χ2v) is 5.28. The van der Waals surface area contributed by atoms with Crippen molar-refractivity contribution in [1.29, 1.82) is 0 Å². The third kappa shape index (κ3) is 3.37. The number of aromatic nitrogens is 6. The van der Waals surface area contributed by atoms with E-state index in [9.17, 15) is 14.0 Å². The molecule has 0 fully saturated rings. The molecule has 10 heteroatoms. The first kappa shape index (κ1) is 16.7. The van der Waals surface area contributed by atoms with Crippen molar-refractivity contribution in [3.8, 4) is 0 Å². The molecule has 0 aliphatic carbocycles. The zero-order valence-electron chi connectivity index (χ0n) is 13.7. The van der Waals surface area contributed by atoms with Gasteiger partial charge in [-0.05, 0) is 13.3 Å². The molecule has 0 aromatic carbocycles. The predicted octanol–water partition coefficient (Wildman–Crippen LogP) is 0.743. The van der Waals surface area contributed by atoms with Crippen molar-refractivity contribution in [3.63, 3.8) is 0 Å². The normalized spacial score (nSPS) is 11.0. The van der Waals surface area contributed by atoms with Crippen LogP contribution in [0.25, 0.3) is 10.9 Å². The van der Waals surface area contributed by atoms with Crippen LogP contribution in [-0.4, -0.2) is 35.4 Å². The van der Waals surface area contributed by atoms with Crippen molar-refractivity contribution in [3.05, 3.63) is 40.5 Å². The summed E-state index contributed by atoms with van der Waals surface area (Å²) in [6, 6.07) is 0. The van der Waals surface area contributed by atoms with Gasteiger partial charge in [0, 0.05) is 12.7 Å². The van der Waals surface area contributed by atoms with Crippen LogP contribution in [-0.2, 0) is 24.3 Å². The Morgan fingerprint density at radius 1 is 1.24 bits per heavy atom. The van der Waals surface area contributed by atoms with Crippen molar-refractivity contribution in [1.82, 2.24) is 29.5 Å². The van der Waals surface area contributed by atoms with E-state index >= 15 is 0 Å². The maximum atomic E-state index is 12.8. The fourth-order valence-electron chi connectivity index (χ4n) is 2.35. The van der Waals surface area contributed by atoms with E-state index in [4.69, 9.17) is 0 Å². The first-order valence-corrected chi connectivity index (χ1v) is 7.76. The summed E-state index contributed by atoms with van der Waals surface area (Å²) in [4.78, 5) is 31.9. The number of carbonyl (C=O) groups excluding carboxylic acids is 1. The van der Waals surface area contributed by atoms with Gasteiger partial charge in [-0.1, -0.05) is 6.92 Å². The Labute approximate surface area is 141 Å². The Morgan fingerprint density at radius 3 is 2.60 bits per heavy atom. The summed E-state index contributed by atoms with van der Waals surface area (Å²) in [6.45, 7) is 4.13. The quantitative estimate of drug-likeness (QED) is 0.731. The lowest BCUT2D eigenvalue weighted by Crippen LogP contribution is -2.30. The number of halogens is 1. The van der Waals surface area contributed by atoms with Crippen molar-refractivity contribution in [2.24, 2.45) is 0 Å². The molecule has 0 unspecified atom stereocenters. The van der Waals surface area contributed by atoms with Crippen LogP contribution < -0.4 is 10.9 Å². The summed E-state index contributed by atoms with van der Waals surface area (Å²) < 4.78 is 15.5. The van der Waals surface area contributed by atoms with E-state index in [-0.39, 0.29) is 12.5 Å². The molecule has 3 aromatic rings. The number of hydrogen-bond donors (Lipinski definition) is 1. The third-order valence-corrected chi connectivity index (χ3v) is 3.57. The minimum atomic E-state index is -0.609. The van der Waals surface area contributed by atoms with E-state index in [2.05, 4.69) is 25.5 Å². The summed E-state index contributed by atoms with van der Waals surface area (Å²) in [5.74, 6) is -1.19. The highest BCUT2D eigenvalue weighted by Gasteiger charge is 2.15. The maximum absolute atomic E-state index is 12.8. The fourth-order valence-corrected chi connectivity index (χ4v) is 2.35. The van der Waals surface area contributed by atoms with Crippen molar-refractivity contribution < 1.29 is 9.18 Å². The van der Waals surface area contributed by atoms with Crippen LogP contribution in [0.2, 0.25) is 0 Å². The van der Waals surface area contributed by atoms with Gasteiger partial charge in [0.15, 0.2) is 5.82 Å². The summed E-state index contributed by atoms with van der Waals surface area (Å²) in [5, 5.41) is 11.4. The van der Waals surface area contributed by atoms with Crippen LogP contribution in [0.5, 0.6) is 0 Å². The molecule has 0 aliphatic rings. The molecular formula is C15H16FN7O2. The van der Waals surface area contributed by atoms with Crippen molar-refractivity contribution >= 4 is 22.8 Å². The minimum Gasteiger partial charge on any atom is -0.293 e. The maximum Gasteiger partial charge on any atom is 0.278 e. The molecule has 130 valence electrons. The highest BCUT2D eigenvalue weighted by molar-refractivity contribution is 5.89. The first-order valence-electron chi connectivity index (χ1n) is 7.76. The average molecular weight is 345 g/mol. The van der Waals surface area contributed by atoms with Gasteiger partial charge in [0.25, 0.3) is 5.56 Å². The first-order chi connectivity index (χ1) is 12.0. The molecule has 0 saturated carbocycles. The molecule has 1 N–H and O–H groups in total. The number of nitrogens with one attached hydrogen (secondary N) is 1. The Morgan fingerprint density at radius 2 is 1.96 bits per heavy atom. The highest BCUT2D eigenvalue weighted by atomic mass is 19.1. The van der Waals surface area contributed by atoms with Gasteiger partial charge in [0.05, 0.1) is 23.5 Å². The SMILES string of the molecule is CCc1nn(CC(=O)Nc2ncc(F)cn2)c(=O)c2cn(CC)nc12. The number of fused-ring (bicyclic) bond motifs is 1. The van der Waals surface area contributed by atoms with Crippen LogP contribution >= 0.6 is 0 Å². The highest BCUT2D eigenvalue weighted by Crippen LogP contribution is 2.12. The summed E-state index contributed by atoms with van der Waals surface area (Å²) in [5.41, 5.74) is 0.780.